The molecule has 1 aliphatic heterocycles. The van der Waals surface area contributed by atoms with Crippen molar-refractivity contribution in [1.29, 1.82) is 0 Å². The van der Waals surface area contributed by atoms with E-state index in [0.717, 1.165) is 24.1 Å². The first-order valence-corrected chi connectivity index (χ1v) is 9.78. The van der Waals surface area contributed by atoms with Crippen LogP contribution in [0.15, 0.2) is 59.7 Å². The molecule has 2 aromatic heterocycles. The molecule has 8 nitrogen and oxygen atoms in total. The molecule has 1 aromatic carbocycles. The van der Waals surface area contributed by atoms with Crippen LogP contribution in [0.25, 0.3) is 11.3 Å². The van der Waals surface area contributed by atoms with E-state index in [1.54, 1.807) is 36.1 Å². The van der Waals surface area contributed by atoms with Gasteiger partial charge in [0.25, 0.3) is 5.56 Å². The average molecular weight is 405 g/mol. The Morgan fingerprint density at radius 2 is 1.90 bits per heavy atom. The first-order valence-electron chi connectivity index (χ1n) is 9.78. The van der Waals surface area contributed by atoms with E-state index in [-0.39, 0.29) is 11.7 Å². The molecule has 3 aromatic rings. The Bertz CT molecular complexity index is 1100. The Morgan fingerprint density at radius 3 is 2.60 bits per heavy atom. The highest BCUT2D eigenvalue weighted by Gasteiger charge is 2.24. The van der Waals surface area contributed by atoms with Gasteiger partial charge in [-0.3, -0.25) is 19.1 Å². The number of hydrogen-bond donors (Lipinski definition) is 1. The van der Waals surface area contributed by atoms with E-state index >= 15 is 0 Å². The van der Waals surface area contributed by atoms with E-state index in [0.29, 0.717) is 30.4 Å². The summed E-state index contributed by atoms with van der Waals surface area (Å²) in [6.07, 6.45) is 3.96. The van der Waals surface area contributed by atoms with Crippen LogP contribution in [-0.4, -0.2) is 40.1 Å². The molecule has 154 valence electrons. The summed E-state index contributed by atoms with van der Waals surface area (Å²) in [5.41, 5.74) is 8.07. The summed E-state index contributed by atoms with van der Waals surface area (Å²) < 4.78 is 7.60. The van der Waals surface area contributed by atoms with Crippen molar-refractivity contribution in [2.24, 2.45) is 12.8 Å². The highest BCUT2D eigenvalue weighted by atomic mass is 16.5. The van der Waals surface area contributed by atoms with Crippen molar-refractivity contribution in [3.63, 3.8) is 0 Å². The van der Waals surface area contributed by atoms with Crippen molar-refractivity contribution >= 4 is 11.9 Å². The molecule has 2 N–H and O–H groups in total. The third-order valence-electron chi connectivity index (χ3n) is 5.21. The van der Waals surface area contributed by atoms with Crippen molar-refractivity contribution in [1.82, 2.24) is 14.5 Å². The number of pyridine rings is 1. The van der Waals surface area contributed by atoms with Crippen LogP contribution in [0.5, 0.6) is 0 Å². The number of ether oxygens (including phenoxy) is 1. The minimum absolute atomic E-state index is 0.126. The molecule has 1 fully saturated rings. The van der Waals surface area contributed by atoms with Gasteiger partial charge in [0.1, 0.15) is 6.10 Å². The standard InChI is InChI=1S/C22H23N5O3/c1-26-20(28)13-18(15-7-9-24-10-8-15)25-22(26)27-11-2-12-30-19(14-27)16-3-5-17(6-4-16)21(23)29/h3-10,13,19H,2,11-12,14H2,1H3,(H2,23,29)/t19-/m1/s1. The number of carbonyl (C=O) groups excluding carboxylic acids is 1. The summed E-state index contributed by atoms with van der Waals surface area (Å²) in [4.78, 5) is 34.8. The SMILES string of the molecule is Cn1c(N2CCCO[C@@H](c3ccc(C(N)=O)cc3)C2)nc(-c2ccncc2)cc1=O. The second-order valence-electron chi connectivity index (χ2n) is 7.22. The van der Waals surface area contributed by atoms with Gasteiger partial charge in [0.05, 0.1) is 12.2 Å². The zero-order valence-corrected chi connectivity index (χ0v) is 16.7. The number of aromatic nitrogens is 3. The number of hydrogen-bond acceptors (Lipinski definition) is 6. The number of amides is 1. The predicted octanol–water partition coefficient (Wildman–Crippen LogP) is 1.91. The lowest BCUT2D eigenvalue weighted by molar-refractivity contribution is 0.0685. The van der Waals surface area contributed by atoms with Crippen LogP contribution < -0.4 is 16.2 Å². The van der Waals surface area contributed by atoms with Crippen molar-refractivity contribution in [3.8, 4) is 11.3 Å². The van der Waals surface area contributed by atoms with E-state index in [2.05, 4.69) is 9.88 Å². The molecule has 0 aliphatic carbocycles. The van der Waals surface area contributed by atoms with E-state index in [1.807, 2.05) is 24.3 Å². The summed E-state index contributed by atoms with van der Waals surface area (Å²) >= 11 is 0. The Kier molecular flexibility index (Phi) is 5.58. The quantitative estimate of drug-likeness (QED) is 0.711. The van der Waals surface area contributed by atoms with E-state index in [9.17, 15) is 9.59 Å². The molecule has 0 bridgehead atoms. The van der Waals surface area contributed by atoms with Gasteiger partial charge < -0.3 is 15.4 Å². The lowest BCUT2D eigenvalue weighted by atomic mass is 10.1. The number of nitrogens with two attached hydrogens (primary N) is 1. The number of nitrogens with zero attached hydrogens (tertiary/aromatic N) is 4. The minimum Gasteiger partial charge on any atom is -0.372 e. The molecule has 3 heterocycles. The van der Waals surface area contributed by atoms with Crippen molar-refractivity contribution in [2.45, 2.75) is 12.5 Å². The smallest absolute Gasteiger partial charge is 0.255 e. The fourth-order valence-corrected chi connectivity index (χ4v) is 3.55. The van der Waals surface area contributed by atoms with Crippen LogP contribution in [0, 0.1) is 0 Å². The van der Waals surface area contributed by atoms with Crippen LogP contribution in [0.3, 0.4) is 0 Å². The van der Waals surface area contributed by atoms with Crippen LogP contribution >= 0.6 is 0 Å². The summed E-state index contributed by atoms with van der Waals surface area (Å²) in [5, 5.41) is 0. The molecule has 8 heteroatoms. The summed E-state index contributed by atoms with van der Waals surface area (Å²) in [5.74, 6) is 0.135. The summed E-state index contributed by atoms with van der Waals surface area (Å²) in [7, 11) is 1.73. The predicted molar refractivity (Wildman–Crippen MR) is 113 cm³/mol. The number of anilines is 1. The lowest BCUT2D eigenvalue weighted by Crippen LogP contribution is -2.34. The number of benzene rings is 1. The zero-order chi connectivity index (χ0) is 21.1. The maximum Gasteiger partial charge on any atom is 0.255 e. The van der Waals surface area contributed by atoms with Crippen LogP contribution in [0.1, 0.15) is 28.4 Å². The van der Waals surface area contributed by atoms with Gasteiger partial charge in [0.2, 0.25) is 11.9 Å². The van der Waals surface area contributed by atoms with Crippen LogP contribution in [0.2, 0.25) is 0 Å². The Labute approximate surface area is 173 Å². The van der Waals surface area contributed by atoms with Gasteiger partial charge in [-0.2, -0.15) is 0 Å². The number of rotatable bonds is 4. The van der Waals surface area contributed by atoms with Gasteiger partial charge in [-0.1, -0.05) is 12.1 Å². The van der Waals surface area contributed by atoms with Gasteiger partial charge in [-0.05, 0) is 36.2 Å². The molecular weight excluding hydrogens is 382 g/mol. The van der Waals surface area contributed by atoms with Crippen LogP contribution in [-0.2, 0) is 11.8 Å². The fraction of sp³-hybridized carbons (Fsp3) is 0.273. The zero-order valence-electron chi connectivity index (χ0n) is 16.7. The third-order valence-corrected chi connectivity index (χ3v) is 5.21. The van der Waals surface area contributed by atoms with Crippen molar-refractivity contribution in [3.05, 3.63) is 76.3 Å². The molecular formula is C22H23N5O3. The third kappa shape index (κ3) is 4.08. The molecule has 1 saturated heterocycles. The molecule has 4 rings (SSSR count). The number of primary amides is 1. The Hall–Kier alpha value is -3.52. The largest absolute Gasteiger partial charge is 0.372 e. The lowest BCUT2D eigenvalue weighted by Gasteiger charge is -2.27. The van der Waals surface area contributed by atoms with Crippen LogP contribution in [0.4, 0.5) is 5.95 Å². The van der Waals surface area contributed by atoms with Gasteiger partial charge in [0.15, 0.2) is 0 Å². The summed E-state index contributed by atoms with van der Waals surface area (Å²) in [6, 6.07) is 12.3. The maximum absolute atomic E-state index is 12.6. The van der Waals surface area contributed by atoms with E-state index in [4.69, 9.17) is 15.5 Å². The van der Waals surface area contributed by atoms with Crippen molar-refractivity contribution in [2.75, 3.05) is 24.6 Å². The second-order valence-corrected chi connectivity index (χ2v) is 7.22. The molecule has 0 radical (unpaired) electrons. The highest BCUT2D eigenvalue weighted by Crippen LogP contribution is 2.26. The number of carbonyl (C=O) groups is 1. The van der Waals surface area contributed by atoms with Gasteiger partial charge in [-0.25, -0.2) is 4.98 Å². The Balaban J connectivity index is 1.66. The molecule has 1 amide bonds. The highest BCUT2D eigenvalue weighted by molar-refractivity contribution is 5.92. The molecule has 0 unspecified atom stereocenters. The average Bonchev–Trinajstić information content (AvgIpc) is 3.02. The fourth-order valence-electron chi connectivity index (χ4n) is 3.55. The molecule has 0 saturated carbocycles. The normalized spacial score (nSPS) is 16.8. The first-order chi connectivity index (χ1) is 14.5. The van der Waals surface area contributed by atoms with Crippen molar-refractivity contribution < 1.29 is 9.53 Å². The molecule has 0 spiro atoms. The van der Waals surface area contributed by atoms with Gasteiger partial charge in [0, 0.05) is 49.8 Å². The molecule has 30 heavy (non-hydrogen) atoms. The van der Waals surface area contributed by atoms with E-state index < -0.39 is 5.91 Å². The van der Waals surface area contributed by atoms with E-state index in [1.165, 1.54) is 6.07 Å². The maximum atomic E-state index is 12.6. The van der Waals surface area contributed by atoms with Gasteiger partial charge >= 0.3 is 0 Å². The van der Waals surface area contributed by atoms with Gasteiger partial charge in [-0.15, -0.1) is 0 Å². The minimum atomic E-state index is -0.461. The molecule has 1 atom stereocenters. The second kappa shape index (κ2) is 8.46. The summed E-state index contributed by atoms with van der Waals surface area (Å²) in [6.45, 7) is 1.85. The first kappa shape index (κ1) is 19.8. The molecule has 1 aliphatic rings. The topological polar surface area (TPSA) is 103 Å². The monoisotopic (exact) mass is 405 g/mol. The Morgan fingerprint density at radius 1 is 1.17 bits per heavy atom.